The predicted octanol–water partition coefficient (Wildman–Crippen LogP) is 0.462. The van der Waals surface area contributed by atoms with Crippen LogP contribution in [0.5, 0.6) is 0 Å². The number of hydrogen-bond donors (Lipinski definition) is 3. The Morgan fingerprint density at radius 2 is 2.08 bits per heavy atom. The minimum atomic E-state index is -0.605. The van der Waals surface area contributed by atoms with Gasteiger partial charge in [0.2, 0.25) is 0 Å². The highest BCUT2D eigenvalue weighted by molar-refractivity contribution is 7.98. The Hall–Kier alpha value is 0.230. The molecule has 0 saturated heterocycles. The summed E-state index contributed by atoms with van der Waals surface area (Å²) in [7, 11) is 0. The van der Waals surface area contributed by atoms with Gasteiger partial charge < -0.3 is 15.5 Å². The molecule has 80 valence electrons. The standard InChI is InChI=1S/C9H21NO2S/c1-13-6-4-2-3-5-10-7-9(12)8-11/h9-12H,2-8H2,1H3/t9-/m0/s1. The fourth-order valence-corrected chi connectivity index (χ4v) is 1.50. The Morgan fingerprint density at radius 1 is 1.31 bits per heavy atom. The lowest BCUT2D eigenvalue weighted by molar-refractivity contribution is 0.0945. The maximum absolute atomic E-state index is 8.98. The van der Waals surface area contributed by atoms with Crippen molar-refractivity contribution in [2.24, 2.45) is 0 Å². The molecule has 0 saturated carbocycles. The van der Waals surface area contributed by atoms with E-state index in [0.717, 1.165) is 13.0 Å². The molecule has 0 aliphatic carbocycles. The zero-order chi connectivity index (χ0) is 9.94. The minimum Gasteiger partial charge on any atom is -0.394 e. The van der Waals surface area contributed by atoms with Gasteiger partial charge in [-0.3, -0.25) is 0 Å². The van der Waals surface area contributed by atoms with E-state index in [0.29, 0.717) is 6.54 Å². The van der Waals surface area contributed by atoms with E-state index in [1.807, 2.05) is 11.8 Å². The number of hydrogen-bond acceptors (Lipinski definition) is 4. The van der Waals surface area contributed by atoms with Crippen molar-refractivity contribution >= 4 is 11.8 Å². The molecule has 3 nitrogen and oxygen atoms in total. The molecule has 1 atom stereocenters. The van der Waals surface area contributed by atoms with Crippen LogP contribution in [0.1, 0.15) is 19.3 Å². The van der Waals surface area contributed by atoms with Gasteiger partial charge in [-0.05, 0) is 31.4 Å². The van der Waals surface area contributed by atoms with Crippen LogP contribution in [-0.4, -0.2) is 48.0 Å². The van der Waals surface area contributed by atoms with Crippen molar-refractivity contribution in [3.63, 3.8) is 0 Å². The number of nitrogens with one attached hydrogen (secondary N) is 1. The first-order valence-corrected chi connectivity index (χ1v) is 6.19. The molecule has 0 unspecified atom stereocenters. The molecule has 0 aliphatic heterocycles. The highest BCUT2D eigenvalue weighted by Crippen LogP contribution is 2.01. The lowest BCUT2D eigenvalue weighted by Gasteiger charge is -2.08. The number of rotatable bonds is 9. The fourth-order valence-electron chi connectivity index (χ4n) is 1.01. The highest BCUT2D eigenvalue weighted by Gasteiger charge is 1.99. The van der Waals surface area contributed by atoms with Crippen molar-refractivity contribution in [2.75, 3.05) is 31.7 Å². The second-order valence-electron chi connectivity index (χ2n) is 3.09. The molecule has 3 N–H and O–H groups in total. The molecule has 0 aromatic heterocycles. The Morgan fingerprint density at radius 3 is 2.69 bits per heavy atom. The maximum atomic E-state index is 8.98. The third-order valence-corrected chi connectivity index (χ3v) is 2.49. The fraction of sp³-hybridized carbons (Fsp3) is 1.00. The van der Waals surface area contributed by atoms with E-state index < -0.39 is 6.10 Å². The van der Waals surface area contributed by atoms with Crippen molar-refractivity contribution in [3.8, 4) is 0 Å². The van der Waals surface area contributed by atoms with Crippen LogP contribution in [0, 0.1) is 0 Å². The van der Waals surface area contributed by atoms with Gasteiger partial charge >= 0.3 is 0 Å². The molecule has 0 aromatic carbocycles. The summed E-state index contributed by atoms with van der Waals surface area (Å²) < 4.78 is 0. The first kappa shape index (κ1) is 13.2. The minimum absolute atomic E-state index is 0.153. The normalized spacial score (nSPS) is 13.2. The van der Waals surface area contributed by atoms with Crippen LogP contribution in [0.25, 0.3) is 0 Å². The van der Waals surface area contributed by atoms with Crippen LogP contribution in [0.2, 0.25) is 0 Å². The quantitative estimate of drug-likeness (QED) is 0.481. The summed E-state index contributed by atoms with van der Waals surface area (Å²) in [5, 5.41) is 20.6. The van der Waals surface area contributed by atoms with Gasteiger partial charge in [-0.15, -0.1) is 0 Å². The van der Waals surface area contributed by atoms with Crippen LogP contribution in [0.3, 0.4) is 0 Å². The Kier molecular flexibility index (Phi) is 10.5. The summed E-state index contributed by atoms with van der Waals surface area (Å²) in [6, 6.07) is 0. The van der Waals surface area contributed by atoms with Crippen molar-refractivity contribution in [3.05, 3.63) is 0 Å². The van der Waals surface area contributed by atoms with E-state index in [1.54, 1.807) is 0 Å². The largest absolute Gasteiger partial charge is 0.394 e. The molecule has 0 fully saturated rings. The third-order valence-electron chi connectivity index (χ3n) is 1.79. The average molecular weight is 207 g/mol. The van der Waals surface area contributed by atoms with Gasteiger partial charge in [0, 0.05) is 6.54 Å². The molecule has 0 rings (SSSR count). The molecule has 0 aromatic rings. The van der Waals surface area contributed by atoms with E-state index in [1.165, 1.54) is 18.6 Å². The van der Waals surface area contributed by atoms with Crippen LogP contribution < -0.4 is 5.32 Å². The molecule has 0 amide bonds. The molecule has 13 heavy (non-hydrogen) atoms. The van der Waals surface area contributed by atoms with Crippen molar-refractivity contribution in [1.82, 2.24) is 5.32 Å². The number of thioether (sulfide) groups is 1. The first-order valence-electron chi connectivity index (χ1n) is 4.79. The molecule has 0 bridgehead atoms. The second-order valence-corrected chi connectivity index (χ2v) is 4.08. The lowest BCUT2D eigenvalue weighted by Crippen LogP contribution is -2.29. The molecule has 0 spiro atoms. The maximum Gasteiger partial charge on any atom is 0.0894 e. The highest BCUT2D eigenvalue weighted by atomic mass is 32.2. The van der Waals surface area contributed by atoms with Crippen LogP contribution in [-0.2, 0) is 0 Å². The molecule has 4 heteroatoms. The summed E-state index contributed by atoms with van der Waals surface area (Å²) >= 11 is 1.88. The molecular weight excluding hydrogens is 186 g/mol. The third kappa shape index (κ3) is 10.1. The van der Waals surface area contributed by atoms with Gasteiger partial charge in [-0.2, -0.15) is 11.8 Å². The topological polar surface area (TPSA) is 52.5 Å². The van der Waals surface area contributed by atoms with Crippen molar-refractivity contribution in [1.29, 1.82) is 0 Å². The molecule has 0 heterocycles. The smallest absolute Gasteiger partial charge is 0.0894 e. The Balaban J connectivity index is 2.91. The predicted molar refractivity (Wildman–Crippen MR) is 58.2 cm³/mol. The Bertz CT molecular complexity index is 104. The van der Waals surface area contributed by atoms with Crippen LogP contribution in [0.15, 0.2) is 0 Å². The summed E-state index contributed by atoms with van der Waals surface area (Å²) in [4.78, 5) is 0. The van der Waals surface area contributed by atoms with Gasteiger partial charge in [-0.25, -0.2) is 0 Å². The monoisotopic (exact) mass is 207 g/mol. The van der Waals surface area contributed by atoms with Gasteiger partial charge in [0.15, 0.2) is 0 Å². The number of aliphatic hydroxyl groups excluding tert-OH is 2. The van der Waals surface area contributed by atoms with E-state index in [-0.39, 0.29) is 6.61 Å². The molecular formula is C9H21NO2S. The summed E-state index contributed by atoms with van der Waals surface area (Å²) in [5.74, 6) is 1.24. The second kappa shape index (κ2) is 10.3. The zero-order valence-electron chi connectivity index (χ0n) is 8.33. The van der Waals surface area contributed by atoms with Gasteiger partial charge in [0.25, 0.3) is 0 Å². The molecule has 0 aliphatic rings. The summed E-state index contributed by atoms with van der Waals surface area (Å²) in [6.07, 6.45) is 5.18. The van der Waals surface area contributed by atoms with Gasteiger partial charge in [0.1, 0.15) is 0 Å². The summed E-state index contributed by atoms with van der Waals surface area (Å²) in [5.41, 5.74) is 0. The average Bonchev–Trinajstić information content (AvgIpc) is 2.16. The van der Waals surface area contributed by atoms with E-state index in [4.69, 9.17) is 10.2 Å². The van der Waals surface area contributed by atoms with E-state index in [2.05, 4.69) is 11.6 Å². The lowest BCUT2D eigenvalue weighted by atomic mass is 10.2. The van der Waals surface area contributed by atoms with Gasteiger partial charge in [0.05, 0.1) is 12.7 Å². The number of unbranched alkanes of at least 4 members (excludes halogenated alkanes) is 2. The van der Waals surface area contributed by atoms with Crippen LogP contribution in [0.4, 0.5) is 0 Å². The van der Waals surface area contributed by atoms with E-state index in [9.17, 15) is 0 Å². The van der Waals surface area contributed by atoms with Crippen LogP contribution >= 0.6 is 11.8 Å². The SMILES string of the molecule is CSCCCCCNC[C@H](O)CO. The van der Waals surface area contributed by atoms with E-state index >= 15 is 0 Å². The van der Waals surface area contributed by atoms with Crippen molar-refractivity contribution in [2.45, 2.75) is 25.4 Å². The number of aliphatic hydroxyl groups is 2. The zero-order valence-corrected chi connectivity index (χ0v) is 9.15. The van der Waals surface area contributed by atoms with Crippen molar-refractivity contribution < 1.29 is 10.2 Å². The van der Waals surface area contributed by atoms with Gasteiger partial charge in [-0.1, -0.05) is 6.42 Å². The first-order chi connectivity index (χ1) is 6.31. The molecule has 0 radical (unpaired) electrons. The summed E-state index contributed by atoms with van der Waals surface area (Å²) in [6.45, 7) is 1.28. The Labute approximate surface area is 84.9 Å².